The molecule has 29 heavy (non-hydrogen) atoms. The Morgan fingerprint density at radius 1 is 1.24 bits per heavy atom. The van der Waals surface area contributed by atoms with Crippen LogP contribution in [0, 0.1) is 0 Å². The van der Waals surface area contributed by atoms with Gasteiger partial charge in [0.2, 0.25) is 0 Å². The van der Waals surface area contributed by atoms with Crippen LogP contribution < -0.4 is 15.4 Å². The van der Waals surface area contributed by atoms with Crippen molar-refractivity contribution in [1.82, 2.24) is 25.1 Å². The third kappa shape index (κ3) is 4.21. The number of para-hydroxylation sites is 1. The second-order valence-electron chi connectivity index (χ2n) is 6.57. The Balaban J connectivity index is 1.40. The van der Waals surface area contributed by atoms with E-state index in [1.54, 1.807) is 19.6 Å². The van der Waals surface area contributed by atoms with Crippen LogP contribution >= 0.6 is 0 Å². The van der Waals surface area contributed by atoms with E-state index in [2.05, 4.69) is 25.8 Å². The summed E-state index contributed by atoms with van der Waals surface area (Å²) in [7, 11) is 1.66. The van der Waals surface area contributed by atoms with Crippen LogP contribution in [0.5, 0.6) is 5.75 Å². The number of anilines is 1. The number of aromatic amines is 1. The lowest BCUT2D eigenvalue weighted by Crippen LogP contribution is -2.30. The average Bonchev–Trinajstić information content (AvgIpc) is 3.41. The van der Waals surface area contributed by atoms with E-state index in [0.717, 1.165) is 40.7 Å². The highest BCUT2D eigenvalue weighted by Crippen LogP contribution is 2.32. The fourth-order valence-electron chi connectivity index (χ4n) is 3.20. The molecular formula is C21H22N6O2. The van der Waals surface area contributed by atoms with Gasteiger partial charge in [-0.2, -0.15) is 5.10 Å². The molecule has 0 unspecified atom stereocenters. The molecule has 148 valence electrons. The standard InChI is InChI=1S/C21H22N6O2/c1-29-19-6-3-2-5-16(19)15-7-8-17-18(13-15)25-26-20(17)24-21(28)23-9-4-11-27-12-10-22-14-27/h2-3,5-8,10,12-14H,4,9,11H2,1H3,(H3,23,24,25,26,28). The number of urea groups is 1. The molecule has 0 aliphatic carbocycles. The third-order valence-electron chi connectivity index (χ3n) is 4.65. The minimum atomic E-state index is -0.280. The fraction of sp³-hybridized carbons (Fsp3) is 0.190. The molecule has 8 heteroatoms. The molecule has 2 aromatic carbocycles. The van der Waals surface area contributed by atoms with Gasteiger partial charge in [0.1, 0.15) is 5.75 Å². The Morgan fingerprint density at radius 3 is 2.97 bits per heavy atom. The van der Waals surface area contributed by atoms with Gasteiger partial charge in [0, 0.05) is 36.4 Å². The van der Waals surface area contributed by atoms with Crippen LogP contribution in [0.3, 0.4) is 0 Å². The maximum atomic E-state index is 12.2. The van der Waals surface area contributed by atoms with Gasteiger partial charge in [-0.15, -0.1) is 0 Å². The van der Waals surface area contributed by atoms with E-state index >= 15 is 0 Å². The van der Waals surface area contributed by atoms with Gasteiger partial charge < -0.3 is 14.6 Å². The molecular weight excluding hydrogens is 368 g/mol. The predicted molar refractivity (Wildman–Crippen MR) is 112 cm³/mol. The van der Waals surface area contributed by atoms with Gasteiger partial charge in [0.25, 0.3) is 0 Å². The lowest BCUT2D eigenvalue weighted by atomic mass is 10.0. The summed E-state index contributed by atoms with van der Waals surface area (Å²) in [5, 5.41) is 13.7. The zero-order valence-corrected chi connectivity index (χ0v) is 16.1. The number of ether oxygens (including phenoxy) is 1. The zero-order chi connectivity index (χ0) is 20.1. The molecule has 0 aliphatic heterocycles. The Morgan fingerprint density at radius 2 is 2.14 bits per heavy atom. The van der Waals surface area contributed by atoms with Crippen molar-refractivity contribution in [3.63, 3.8) is 0 Å². The first-order valence-corrected chi connectivity index (χ1v) is 9.37. The number of aromatic nitrogens is 4. The molecule has 0 aliphatic rings. The van der Waals surface area contributed by atoms with E-state index in [9.17, 15) is 4.79 Å². The van der Waals surface area contributed by atoms with Crippen molar-refractivity contribution in [2.24, 2.45) is 0 Å². The quantitative estimate of drug-likeness (QED) is 0.420. The van der Waals surface area contributed by atoms with E-state index in [0.29, 0.717) is 12.4 Å². The van der Waals surface area contributed by atoms with Gasteiger partial charge >= 0.3 is 6.03 Å². The highest BCUT2D eigenvalue weighted by atomic mass is 16.5. The number of nitrogens with zero attached hydrogens (tertiary/aromatic N) is 3. The van der Waals surface area contributed by atoms with Crippen LogP contribution in [-0.4, -0.2) is 39.4 Å². The zero-order valence-electron chi connectivity index (χ0n) is 16.1. The second kappa shape index (κ2) is 8.47. The normalized spacial score (nSPS) is 10.8. The Kier molecular flexibility index (Phi) is 5.42. The molecule has 0 radical (unpaired) electrons. The van der Waals surface area contributed by atoms with Crippen LogP contribution in [0.4, 0.5) is 10.6 Å². The molecule has 0 bridgehead atoms. The van der Waals surface area contributed by atoms with Crippen molar-refractivity contribution in [2.45, 2.75) is 13.0 Å². The van der Waals surface area contributed by atoms with Crippen molar-refractivity contribution in [1.29, 1.82) is 0 Å². The second-order valence-corrected chi connectivity index (χ2v) is 6.57. The predicted octanol–water partition coefficient (Wildman–Crippen LogP) is 3.65. The minimum absolute atomic E-state index is 0.280. The summed E-state index contributed by atoms with van der Waals surface area (Å²) in [5.74, 6) is 1.30. The highest BCUT2D eigenvalue weighted by Gasteiger charge is 2.11. The number of imidazole rings is 1. The number of carbonyl (C=O) groups is 1. The molecule has 4 rings (SSSR count). The maximum absolute atomic E-state index is 12.2. The number of methoxy groups -OCH3 is 1. The van der Waals surface area contributed by atoms with Crippen LogP contribution in [0.25, 0.3) is 22.0 Å². The first-order valence-electron chi connectivity index (χ1n) is 9.37. The molecule has 0 spiro atoms. The summed E-state index contributed by atoms with van der Waals surface area (Å²) in [6, 6.07) is 13.5. The smallest absolute Gasteiger partial charge is 0.320 e. The molecule has 4 aromatic rings. The summed E-state index contributed by atoms with van der Waals surface area (Å²) in [6.45, 7) is 1.36. The fourth-order valence-corrected chi connectivity index (χ4v) is 3.20. The molecule has 0 atom stereocenters. The first kappa shape index (κ1) is 18.5. The highest BCUT2D eigenvalue weighted by molar-refractivity contribution is 6.00. The van der Waals surface area contributed by atoms with Gasteiger partial charge in [-0.05, 0) is 30.2 Å². The monoisotopic (exact) mass is 390 g/mol. The van der Waals surface area contributed by atoms with E-state index in [1.807, 2.05) is 53.2 Å². The van der Waals surface area contributed by atoms with Crippen molar-refractivity contribution in [3.8, 4) is 16.9 Å². The molecule has 2 aromatic heterocycles. The van der Waals surface area contributed by atoms with Crippen molar-refractivity contribution in [3.05, 3.63) is 61.2 Å². The topological polar surface area (TPSA) is 96.9 Å². The van der Waals surface area contributed by atoms with Crippen LogP contribution in [-0.2, 0) is 6.54 Å². The largest absolute Gasteiger partial charge is 0.496 e. The lowest BCUT2D eigenvalue weighted by molar-refractivity contribution is 0.251. The Labute approximate surface area is 167 Å². The van der Waals surface area contributed by atoms with E-state index in [1.165, 1.54) is 0 Å². The molecule has 2 heterocycles. The van der Waals surface area contributed by atoms with Crippen molar-refractivity contribution >= 4 is 22.8 Å². The number of fused-ring (bicyclic) bond motifs is 1. The number of amides is 2. The summed E-state index contributed by atoms with van der Waals surface area (Å²) in [4.78, 5) is 16.2. The van der Waals surface area contributed by atoms with Crippen LogP contribution in [0.1, 0.15) is 6.42 Å². The Bertz CT molecular complexity index is 1100. The van der Waals surface area contributed by atoms with Gasteiger partial charge in [-0.1, -0.05) is 24.3 Å². The number of carbonyl (C=O) groups excluding carboxylic acids is 1. The van der Waals surface area contributed by atoms with Crippen molar-refractivity contribution < 1.29 is 9.53 Å². The molecule has 3 N–H and O–H groups in total. The summed E-state index contributed by atoms with van der Waals surface area (Å²) >= 11 is 0. The summed E-state index contributed by atoms with van der Waals surface area (Å²) in [5.41, 5.74) is 2.84. The summed E-state index contributed by atoms with van der Waals surface area (Å²) < 4.78 is 7.42. The van der Waals surface area contributed by atoms with Gasteiger partial charge in [0.05, 0.1) is 19.0 Å². The summed E-state index contributed by atoms with van der Waals surface area (Å²) in [6.07, 6.45) is 6.21. The van der Waals surface area contributed by atoms with Gasteiger partial charge in [0.15, 0.2) is 5.82 Å². The number of nitrogens with one attached hydrogen (secondary N) is 3. The number of hydrogen-bond donors (Lipinski definition) is 3. The molecule has 2 amide bonds. The minimum Gasteiger partial charge on any atom is -0.496 e. The van der Waals surface area contributed by atoms with E-state index in [-0.39, 0.29) is 6.03 Å². The third-order valence-corrected chi connectivity index (χ3v) is 4.65. The van der Waals surface area contributed by atoms with Crippen molar-refractivity contribution in [2.75, 3.05) is 19.0 Å². The maximum Gasteiger partial charge on any atom is 0.320 e. The number of benzene rings is 2. The average molecular weight is 390 g/mol. The number of hydrogen-bond acceptors (Lipinski definition) is 4. The number of rotatable bonds is 7. The van der Waals surface area contributed by atoms with E-state index < -0.39 is 0 Å². The van der Waals surface area contributed by atoms with Gasteiger partial charge in [-0.3, -0.25) is 10.4 Å². The first-order chi connectivity index (χ1) is 14.2. The molecule has 0 saturated carbocycles. The molecule has 0 saturated heterocycles. The van der Waals surface area contributed by atoms with Crippen LogP contribution in [0.15, 0.2) is 61.2 Å². The van der Waals surface area contributed by atoms with Gasteiger partial charge in [-0.25, -0.2) is 9.78 Å². The number of H-pyrrole nitrogens is 1. The SMILES string of the molecule is COc1ccccc1-c1ccc2c(NC(=O)NCCCn3ccnc3)n[nH]c2c1. The molecule has 0 fully saturated rings. The van der Waals surface area contributed by atoms with Crippen LogP contribution in [0.2, 0.25) is 0 Å². The lowest BCUT2D eigenvalue weighted by Gasteiger charge is -2.08. The Hall–Kier alpha value is -3.81. The molecule has 8 nitrogen and oxygen atoms in total. The van der Waals surface area contributed by atoms with E-state index in [4.69, 9.17) is 4.74 Å². The number of aryl methyl sites for hydroxylation is 1.